The molecule has 0 atom stereocenters. The number of rotatable bonds is 8. The second-order valence-electron chi connectivity index (χ2n) is 5.59. The topological polar surface area (TPSA) is 50.3 Å². The predicted octanol–water partition coefficient (Wildman–Crippen LogP) is 2.67. The summed E-state index contributed by atoms with van der Waals surface area (Å²) in [7, 11) is 4.06. The highest BCUT2D eigenvalue weighted by molar-refractivity contribution is 5.48. The van der Waals surface area contributed by atoms with Gasteiger partial charge in [0, 0.05) is 19.0 Å². The van der Waals surface area contributed by atoms with Gasteiger partial charge in [0.15, 0.2) is 0 Å². The van der Waals surface area contributed by atoms with E-state index in [1.165, 1.54) is 0 Å². The number of likely N-dealkylation sites (N-methyl/N-ethyl adjacent to an activating group) is 1. The third-order valence-electron chi connectivity index (χ3n) is 2.95. The minimum Gasteiger partial charge on any atom is -0.476 e. The van der Waals surface area contributed by atoms with Crippen LogP contribution in [0.3, 0.4) is 0 Å². The zero-order valence-corrected chi connectivity index (χ0v) is 13.7. The molecule has 0 fully saturated rings. The number of aromatic nitrogens is 2. The lowest BCUT2D eigenvalue weighted by Gasteiger charge is -2.16. The van der Waals surface area contributed by atoms with Gasteiger partial charge in [0.25, 0.3) is 0 Å². The van der Waals surface area contributed by atoms with Gasteiger partial charge in [0.2, 0.25) is 5.88 Å². The fourth-order valence-electron chi connectivity index (χ4n) is 1.65. The van der Waals surface area contributed by atoms with Crippen molar-refractivity contribution in [3.8, 4) is 5.88 Å². The summed E-state index contributed by atoms with van der Waals surface area (Å²) in [5.74, 6) is 2.71. The van der Waals surface area contributed by atoms with Crippen LogP contribution in [0.1, 0.15) is 44.5 Å². The van der Waals surface area contributed by atoms with Crippen LogP contribution in [0.4, 0.5) is 5.82 Å². The van der Waals surface area contributed by atoms with Crippen LogP contribution < -0.4 is 10.1 Å². The van der Waals surface area contributed by atoms with E-state index in [0.717, 1.165) is 36.7 Å². The Bertz CT molecular complexity index is 419. The van der Waals surface area contributed by atoms with Crippen molar-refractivity contribution in [1.29, 1.82) is 0 Å². The number of ether oxygens (including phenoxy) is 1. The molecule has 0 saturated heterocycles. The molecule has 0 bridgehead atoms. The van der Waals surface area contributed by atoms with Crippen molar-refractivity contribution in [3.05, 3.63) is 11.4 Å². The lowest BCUT2D eigenvalue weighted by atomic mass is 10.2. The first-order valence-corrected chi connectivity index (χ1v) is 7.35. The van der Waals surface area contributed by atoms with Crippen molar-refractivity contribution < 1.29 is 4.74 Å². The molecule has 114 valence electrons. The summed E-state index contributed by atoms with van der Waals surface area (Å²) in [6.45, 7) is 10.8. The summed E-state index contributed by atoms with van der Waals surface area (Å²) < 4.78 is 5.83. The highest BCUT2D eigenvalue weighted by Crippen LogP contribution is 2.24. The first-order valence-electron chi connectivity index (χ1n) is 7.35. The fourth-order valence-corrected chi connectivity index (χ4v) is 1.65. The maximum atomic E-state index is 5.83. The molecule has 20 heavy (non-hydrogen) atoms. The van der Waals surface area contributed by atoms with Gasteiger partial charge in [-0.2, -0.15) is 4.98 Å². The van der Waals surface area contributed by atoms with Crippen molar-refractivity contribution in [2.45, 2.75) is 40.0 Å². The standard InChI is InChI=1S/C15H28N4O/c1-7-8-16-14-12(4)15(20-10-9-19(5)6)18-13(17-14)11(2)3/h11H,7-10H2,1-6H3,(H,16,17,18). The van der Waals surface area contributed by atoms with Gasteiger partial charge in [-0.15, -0.1) is 0 Å². The molecule has 5 nitrogen and oxygen atoms in total. The molecule has 0 radical (unpaired) electrons. The van der Waals surface area contributed by atoms with Crippen LogP contribution in [-0.4, -0.2) is 48.7 Å². The number of anilines is 1. The molecule has 0 unspecified atom stereocenters. The molecule has 0 saturated carbocycles. The van der Waals surface area contributed by atoms with Crippen molar-refractivity contribution in [1.82, 2.24) is 14.9 Å². The van der Waals surface area contributed by atoms with Gasteiger partial charge < -0.3 is 15.0 Å². The van der Waals surface area contributed by atoms with Gasteiger partial charge in [0.05, 0.1) is 5.56 Å². The van der Waals surface area contributed by atoms with E-state index >= 15 is 0 Å². The average Bonchev–Trinajstić information content (AvgIpc) is 2.38. The van der Waals surface area contributed by atoms with Gasteiger partial charge in [-0.3, -0.25) is 0 Å². The second kappa shape index (κ2) is 8.04. The number of hydrogen-bond donors (Lipinski definition) is 1. The van der Waals surface area contributed by atoms with Crippen LogP contribution in [0.5, 0.6) is 5.88 Å². The Hall–Kier alpha value is -1.36. The Morgan fingerprint density at radius 2 is 1.95 bits per heavy atom. The van der Waals surface area contributed by atoms with Gasteiger partial charge in [-0.1, -0.05) is 20.8 Å². The summed E-state index contributed by atoms with van der Waals surface area (Å²) >= 11 is 0. The van der Waals surface area contributed by atoms with E-state index < -0.39 is 0 Å². The van der Waals surface area contributed by atoms with E-state index in [9.17, 15) is 0 Å². The van der Waals surface area contributed by atoms with E-state index in [1.54, 1.807) is 0 Å². The molecule has 1 rings (SSSR count). The molecular weight excluding hydrogens is 252 g/mol. The summed E-state index contributed by atoms with van der Waals surface area (Å²) in [6, 6.07) is 0. The Balaban J connectivity index is 2.92. The molecule has 0 amide bonds. The van der Waals surface area contributed by atoms with Crippen LogP contribution in [0.15, 0.2) is 0 Å². The van der Waals surface area contributed by atoms with Gasteiger partial charge >= 0.3 is 0 Å². The normalized spacial score (nSPS) is 11.2. The van der Waals surface area contributed by atoms with Gasteiger partial charge in [-0.25, -0.2) is 4.98 Å². The molecular formula is C15H28N4O. The molecule has 1 aromatic heterocycles. The minimum absolute atomic E-state index is 0.286. The molecule has 1 heterocycles. The molecule has 1 N–H and O–H groups in total. The van der Waals surface area contributed by atoms with E-state index in [0.29, 0.717) is 12.5 Å². The lowest BCUT2D eigenvalue weighted by Crippen LogP contribution is -2.20. The fraction of sp³-hybridized carbons (Fsp3) is 0.733. The van der Waals surface area contributed by atoms with E-state index in [1.807, 2.05) is 21.0 Å². The van der Waals surface area contributed by atoms with Gasteiger partial charge in [0.1, 0.15) is 18.2 Å². The van der Waals surface area contributed by atoms with E-state index in [4.69, 9.17) is 4.74 Å². The van der Waals surface area contributed by atoms with Crippen LogP contribution >= 0.6 is 0 Å². The Labute approximate surface area is 122 Å². The molecule has 0 spiro atoms. The van der Waals surface area contributed by atoms with Gasteiger partial charge in [-0.05, 0) is 27.4 Å². The summed E-state index contributed by atoms with van der Waals surface area (Å²) in [5, 5.41) is 3.36. The SMILES string of the molecule is CCCNc1nc(C(C)C)nc(OCCN(C)C)c1C. The zero-order chi connectivity index (χ0) is 15.1. The molecule has 0 aliphatic rings. The monoisotopic (exact) mass is 280 g/mol. The van der Waals surface area contributed by atoms with Crippen LogP contribution in [0, 0.1) is 6.92 Å². The molecule has 0 aromatic carbocycles. The smallest absolute Gasteiger partial charge is 0.221 e. The zero-order valence-electron chi connectivity index (χ0n) is 13.7. The highest BCUT2D eigenvalue weighted by atomic mass is 16.5. The summed E-state index contributed by atoms with van der Waals surface area (Å²) in [4.78, 5) is 11.2. The quantitative estimate of drug-likeness (QED) is 0.793. The Kier molecular flexibility index (Phi) is 6.71. The van der Waals surface area contributed by atoms with Crippen LogP contribution in [0.25, 0.3) is 0 Å². The molecule has 5 heteroatoms. The van der Waals surface area contributed by atoms with Crippen molar-refractivity contribution in [2.24, 2.45) is 0 Å². The Morgan fingerprint density at radius 1 is 1.25 bits per heavy atom. The Morgan fingerprint density at radius 3 is 2.50 bits per heavy atom. The first-order chi connectivity index (χ1) is 9.45. The average molecular weight is 280 g/mol. The highest BCUT2D eigenvalue weighted by Gasteiger charge is 2.14. The number of nitrogens with one attached hydrogen (secondary N) is 1. The maximum absolute atomic E-state index is 5.83. The third kappa shape index (κ3) is 4.96. The largest absolute Gasteiger partial charge is 0.476 e. The first kappa shape index (κ1) is 16.7. The van der Waals surface area contributed by atoms with Crippen LogP contribution in [-0.2, 0) is 0 Å². The minimum atomic E-state index is 0.286. The van der Waals surface area contributed by atoms with E-state index in [-0.39, 0.29) is 5.92 Å². The number of hydrogen-bond acceptors (Lipinski definition) is 5. The van der Waals surface area contributed by atoms with Crippen molar-refractivity contribution in [2.75, 3.05) is 39.1 Å². The summed E-state index contributed by atoms with van der Waals surface area (Å²) in [5.41, 5.74) is 0.988. The second-order valence-corrected chi connectivity index (χ2v) is 5.59. The third-order valence-corrected chi connectivity index (χ3v) is 2.95. The predicted molar refractivity (Wildman–Crippen MR) is 83.7 cm³/mol. The molecule has 0 aliphatic carbocycles. The molecule has 0 aliphatic heterocycles. The van der Waals surface area contributed by atoms with Crippen LogP contribution in [0.2, 0.25) is 0 Å². The van der Waals surface area contributed by atoms with Crippen molar-refractivity contribution >= 4 is 5.82 Å². The molecule has 1 aromatic rings. The van der Waals surface area contributed by atoms with Crippen molar-refractivity contribution in [3.63, 3.8) is 0 Å². The lowest BCUT2D eigenvalue weighted by molar-refractivity contribution is 0.251. The summed E-state index contributed by atoms with van der Waals surface area (Å²) in [6.07, 6.45) is 1.07. The van der Waals surface area contributed by atoms with E-state index in [2.05, 4.69) is 41.0 Å². The number of nitrogens with zero attached hydrogens (tertiary/aromatic N) is 3. The maximum Gasteiger partial charge on any atom is 0.221 e.